The molecule has 6 nitrogen and oxygen atoms in total. The zero-order valence-corrected chi connectivity index (χ0v) is 16.3. The van der Waals surface area contributed by atoms with Gasteiger partial charge in [-0.1, -0.05) is 17.8 Å². The Morgan fingerprint density at radius 1 is 1.31 bits per heavy atom. The number of aryl methyl sites for hydroxylation is 1. The van der Waals surface area contributed by atoms with Gasteiger partial charge in [-0.05, 0) is 60.6 Å². The van der Waals surface area contributed by atoms with Crippen molar-refractivity contribution in [2.75, 3.05) is 11.1 Å². The number of nitrogens with two attached hydrogens (primary N) is 1. The number of pyridine rings is 1. The average Bonchev–Trinajstić information content (AvgIpc) is 2.87. The van der Waals surface area contributed by atoms with Gasteiger partial charge in [0, 0.05) is 11.4 Å². The third kappa shape index (κ3) is 4.50. The van der Waals surface area contributed by atoms with Gasteiger partial charge in [-0.25, -0.2) is 4.98 Å². The number of rotatable bonds is 4. The summed E-state index contributed by atoms with van der Waals surface area (Å²) in [4.78, 5) is 21.1. The van der Waals surface area contributed by atoms with E-state index in [0.29, 0.717) is 16.8 Å². The minimum absolute atomic E-state index is 0.00880. The van der Waals surface area contributed by atoms with Crippen LogP contribution in [0.2, 0.25) is 0 Å². The highest BCUT2D eigenvalue weighted by atomic mass is 32.2. The summed E-state index contributed by atoms with van der Waals surface area (Å²) in [5.41, 5.74) is 9.03. The molecule has 1 aliphatic heterocycles. The number of nitrogens with zero attached hydrogens (tertiary/aromatic N) is 2. The van der Waals surface area contributed by atoms with Gasteiger partial charge in [0.15, 0.2) is 5.17 Å². The number of halogens is 2. The predicted molar refractivity (Wildman–Crippen MR) is 109 cm³/mol. The van der Waals surface area contributed by atoms with Crippen molar-refractivity contribution in [1.29, 1.82) is 0 Å². The Kier molecular flexibility index (Phi) is 5.66. The number of hydrogen-bond acceptors (Lipinski definition) is 6. The number of carbonyl (C=O) groups excluding carboxylic acids is 1. The fraction of sp³-hybridized carbons (Fsp3) is 0.350. The predicted octanol–water partition coefficient (Wildman–Crippen LogP) is 3.99. The van der Waals surface area contributed by atoms with Crippen molar-refractivity contribution < 1.29 is 18.3 Å². The highest BCUT2D eigenvalue weighted by molar-refractivity contribution is 8.13. The molecule has 2 aromatic rings. The average molecular weight is 418 g/mol. The number of hydrogen-bond donors (Lipinski definition) is 2. The standard InChI is InChI=1S/C20H20F2N4O2S/c21-19(22)28-14-6-7-16(24-9-14)18(27)25-13-5-4-11-2-1-3-12-10-29-20(23)26-17(12)15(11)8-13/h4-9,12,17,19H,1-3,10H2,(H2,23,26)(H,25,27)/t12-,17+/m1/s1. The van der Waals surface area contributed by atoms with Crippen LogP contribution in [0.3, 0.4) is 0 Å². The highest BCUT2D eigenvalue weighted by Gasteiger charge is 2.31. The van der Waals surface area contributed by atoms with Crippen LogP contribution in [-0.4, -0.2) is 28.4 Å². The summed E-state index contributed by atoms with van der Waals surface area (Å²) in [6.07, 6.45) is 4.28. The molecule has 152 valence electrons. The molecular weight excluding hydrogens is 398 g/mol. The van der Waals surface area contributed by atoms with E-state index in [1.54, 1.807) is 11.8 Å². The molecule has 3 N–H and O–H groups in total. The maximum Gasteiger partial charge on any atom is 0.387 e. The quantitative estimate of drug-likeness (QED) is 0.784. The topological polar surface area (TPSA) is 89.6 Å². The molecule has 9 heteroatoms. The summed E-state index contributed by atoms with van der Waals surface area (Å²) in [6.45, 7) is -2.94. The number of aromatic nitrogens is 1. The molecular formula is C20H20F2N4O2S. The number of thioether (sulfide) groups is 1. The Balaban J connectivity index is 1.54. The molecule has 2 atom stereocenters. The third-order valence-electron chi connectivity index (χ3n) is 5.10. The number of nitrogens with one attached hydrogen (secondary N) is 1. The van der Waals surface area contributed by atoms with Crippen molar-refractivity contribution in [1.82, 2.24) is 4.98 Å². The molecule has 0 radical (unpaired) electrons. The monoisotopic (exact) mass is 418 g/mol. The van der Waals surface area contributed by atoms with Gasteiger partial charge in [-0.3, -0.25) is 9.79 Å². The van der Waals surface area contributed by atoms with Crippen LogP contribution in [0.4, 0.5) is 14.5 Å². The van der Waals surface area contributed by atoms with Crippen LogP contribution < -0.4 is 15.8 Å². The molecule has 29 heavy (non-hydrogen) atoms. The molecule has 0 bridgehead atoms. The van der Waals surface area contributed by atoms with Crippen molar-refractivity contribution in [3.05, 3.63) is 53.3 Å². The molecule has 0 saturated carbocycles. The van der Waals surface area contributed by atoms with E-state index in [1.807, 2.05) is 18.2 Å². The summed E-state index contributed by atoms with van der Waals surface area (Å²) in [6, 6.07) is 8.47. The van der Waals surface area contributed by atoms with Crippen LogP contribution >= 0.6 is 11.8 Å². The molecule has 0 spiro atoms. The Morgan fingerprint density at radius 2 is 2.17 bits per heavy atom. The van der Waals surface area contributed by atoms with Crippen molar-refractivity contribution >= 4 is 28.5 Å². The van der Waals surface area contributed by atoms with Gasteiger partial charge in [0.05, 0.1) is 12.2 Å². The number of fused-ring (bicyclic) bond motifs is 3. The summed E-state index contributed by atoms with van der Waals surface area (Å²) in [5, 5.41) is 3.42. The molecule has 1 aromatic carbocycles. The van der Waals surface area contributed by atoms with Gasteiger partial charge in [-0.2, -0.15) is 8.78 Å². The summed E-state index contributed by atoms with van der Waals surface area (Å²) >= 11 is 1.60. The Bertz CT molecular complexity index is 937. The third-order valence-corrected chi connectivity index (χ3v) is 6.09. The summed E-state index contributed by atoms with van der Waals surface area (Å²) in [7, 11) is 0. The first-order chi connectivity index (χ1) is 14.0. The van der Waals surface area contributed by atoms with Crippen molar-refractivity contribution in [3.63, 3.8) is 0 Å². The summed E-state index contributed by atoms with van der Waals surface area (Å²) < 4.78 is 28.7. The number of carbonyl (C=O) groups is 1. The van der Waals surface area contributed by atoms with Crippen molar-refractivity contribution in [3.8, 4) is 5.75 Å². The maximum atomic E-state index is 12.5. The molecule has 1 aromatic heterocycles. The molecule has 0 fully saturated rings. The van der Waals surface area contributed by atoms with E-state index in [9.17, 15) is 13.6 Å². The van der Waals surface area contributed by atoms with Gasteiger partial charge in [-0.15, -0.1) is 0 Å². The van der Waals surface area contributed by atoms with E-state index in [0.717, 1.165) is 36.8 Å². The second-order valence-electron chi connectivity index (χ2n) is 7.00. The molecule has 1 amide bonds. The maximum absolute atomic E-state index is 12.5. The van der Waals surface area contributed by atoms with E-state index in [-0.39, 0.29) is 17.5 Å². The molecule has 0 saturated heterocycles. The van der Waals surface area contributed by atoms with E-state index in [1.165, 1.54) is 17.7 Å². The van der Waals surface area contributed by atoms with E-state index >= 15 is 0 Å². The minimum Gasteiger partial charge on any atom is -0.433 e. The second kappa shape index (κ2) is 8.36. The SMILES string of the molecule is NC1=N[C@@H]2c3cc(NC(=O)c4ccc(OC(F)F)cn4)ccc3CCC[C@@H]2CS1. The normalized spacial score (nSPS) is 20.9. The lowest BCUT2D eigenvalue weighted by atomic mass is 9.92. The first-order valence-electron chi connectivity index (χ1n) is 9.30. The molecule has 4 rings (SSSR count). The fourth-order valence-corrected chi connectivity index (χ4v) is 4.66. The van der Waals surface area contributed by atoms with Crippen molar-refractivity contribution in [2.45, 2.75) is 31.9 Å². The largest absolute Gasteiger partial charge is 0.433 e. The highest BCUT2D eigenvalue weighted by Crippen LogP contribution is 2.41. The number of ether oxygens (including phenoxy) is 1. The van der Waals surface area contributed by atoms with Crippen LogP contribution in [0.1, 0.15) is 40.5 Å². The zero-order valence-electron chi connectivity index (χ0n) is 15.5. The van der Waals surface area contributed by atoms with Crippen LogP contribution in [0, 0.1) is 5.92 Å². The summed E-state index contributed by atoms with van der Waals surface area (Å²) in [5.74, 6) is 0.857. The van der Waals surface area contributed by atoms with Gasteiger partial charge < -0.3 is 15.8 Å². The van der Waals surface area contributed by atoms with Gasteiger partial charge >= 0.3 is 6.61 Å². The van der Waals surface area contributed by atoms with Crippen LogP contribution in [0.15, 0.2) is 41.5 Å². The van der Waals surface area contributed by atoms with Crippen LogP contribution in [0.25, 0.3) is 0 Å². The van der Waals surface area contributed by atoms with Crippen LogP contribution in [-0.2, 0) is 6.42 Å². The Morgan fingerprint density at radius 3 is 2.93 bits per heavy atom. The van der Waals surface area contributed by atoms with E-state index < -0.39 is 12.5 Å². The van der Waals surface area contributed by atoms with Crippen molar-refractivity contribution in [2.24, 2.45) is 16.6 Å². The molecule has 0 unspecified atom stereocenters. The second-order valence-corrected chi connectivity index (χ2v) is 8.04. The number of amides is 1. The van der Waals surface area contributed by atoms with Gasteiger partial charge in [0.1, 0.15) is 11.4 Å². The van der Waals surface area contributed by atoms with Crippen LogP contribution in [0.5, 0.6) is 5.75 Å². The number of amidine groups is 1. The first-order valence-corrected chi connectivity index (χ1v) is 10.3. The lowest BCUT2D eigenvalue weighted by Gasteiger charge is -2.27. The Hall–Kier alpha value is -2.68. The number of benzene rings is 1. The number of alkyl halides is 2. The lowest BCUT2D eigenvalue weighted by Crippen LogP contribution is -2.24. The van der Waals surface area contributed by atoms with Gasteiger partial charge in [0.2, 0.25) is 0 Å². The first kappa shape index (κ1) is 19.6. The van der Waals surface area contributed by atoms with Gasteiger partial charge in [0.25, 0.3) is 5.91 Å². The molecule has 2 aliphatic rings. The zero-order chi connectivity index (χ0) is 20.4. The minimum atomic E-state index is -2.94. The smallest absolute Gasteiger partial charge is 0.387 e. The number of aliphatic imine (C=N–C) groups is 1. The molecule has 1 aliphatic carbocycles. The molecule has 2 heterocycles. The number of anilines is 1. The Labute approximate surface area is 170 Å². The van der Waals surface area contributed by atoms with E-state index in [2.05, 4.69) is 20.0 Å². The van der Waals surface area contributed by atoms with E-state index in [4.69, 9.17) is 5.73 Å². The fourth-order valence-electron chi connectivity index (χ4n) is 3.74. The lowest BCUT2D eigenvalue weighted by molar-refractivity contribution is -0.0500.